The van der Waals surface area contributed by atoms with Crippen molar-refractivity contribution >= 4 is 17.2 Å². The second-order valence-corrected chi connectivity index (χ2v) is 6.14. The predicted molar refractivity (Wildman–Crippen MR) is 77.5 cm³/mol. The molecule has 102 valence electrons. The van der Waals surface area contributed by atoms with Gasteiger partial charge in [0.1, 0.15) is 0 Å². The third kappa shape index (κ3) is 3.82. The quantitative estimate of drug-likeness (QED) is 0.833. The highest BCUT2D eigenvalue weighted by Gasteiger charge is 2.24. The highest BCUT2D eigenvalue weighted by atomic mass is 32.1. The molecule has 1 aromatic heterocycles. The van der Waals surface area contributed by atoms with Gasteiger partial charge in [0.25, 0.3) is 0 Å². The van der Waals surface area contributed by atoms with E-state index in [1.807, 2.05) is 18.4 Å². The van der Waals surface area contributed by atoms with Crippen LogP contribution in [0.15, 0.2) is 17.5 Å². The zero-order valence-electron chi connectivity index (χ0n) is 11.6. The molecule has 0 aliphatic heterocycles. The summed E-state index contributed by atoms with van der Waals surface area (Å²) in [5, 5.41) is 5.11. The molecular weight excluding hydrogens is 244 g/mol. The molecule has 1 heterocycles. The molecule has 0 radical (unpaired) electrons. The Bertz CT molecular complexity index is 362. The minimum absolute atomic E-state index is 0.0450. The molecule has 3 N–H and O–H groups in total. The molecule has 0 aliphatic carbocycles. The molecule has 18 heavy (non-hydrogen) atoms. The van der Waals surface area contributed by atoms with Crippen LogP contribution in [0.5, 0.6) is 0 Å². The normalized spacial score (nSPS) is 16.3. The van der Waals surface area contributed by atoms with Gasteiger partial charge in [-0.3, -0.25) is 4.79 Å². The molecule has 0 saturated carbocycles. The number of thiophene rings is 1. The molecule has 0 bridgehead atoms. The van der Waals surface area contributed by atoms with Crippen LogP contribution in [0.3, 0.4) is 0 Å². The highest BCUT2D eigenvalue weighted by molar-refractivity contribution is 7.10. The van der Waals surface area contributed by atoms with Gasteiger partial charge >= 0.3 is 0 Å². The van der Waals surface area contributed by atoms with Crippen LogP contribution in [0, 0.1) is 11.8 Å². The largest absolute Gasteiger partial charge is 0.347 e. The Morgan fingerprint density at radius 3 is 2.56 bits per heavy atom. The maximum atomic E-state index is 12.1. The van der Waals surface area contributed by atoms with Crippen molar-refractivity contribution in [3.63, 3.8) is 0 Å². The Morgan fingerprint density at radius 1 is 1.44 bits per heavy atom. The van der Waals surface area contributed by atoms with Crippen LogP contribution >= 0.6 is 11.3 Å². The van der Waals surface area contributed by atoms with E-state index in [1.165, 1.54) is 4.88 Å². The molecule has 0 saturated heterocycles. The SMILES string of the molecule is CCC(C)[C@H](N)C(=O)NC(c1cccs1)C(C)C. The summed E-state index contributed by atoms with van der Waals surface area (Å²) in [5.41, 5.74) is 5.96. The summed E-state index contributed by atoms with van der Waals surface area (Å²) in [6, 6.07) is 3.71. The fourth-order valence-electron chi connectivity index (χ4n) is 1.80. The molecule has 3 nitrogen and oxygen atoms in total. The van der Waals surface area contributed by atoms with Gasteiger partial charge in [0.15, 0.2) is 0 Å². The van der Waals surface area contributed by atoms with Crippen molar-refractivity contribution in [1.82, 2.24) is 5.32 Å². The number of nitrogens with one attached hydrogen (secondary N) is 1. The molecule has 1 amide bonds. The zero-order chi connectivity index (χ0) is 13.7. The molecule has 3 atom stereocenters. The lowest BCUT2D eigenvalue weighted by atomic mass is 9.97. The third-order valence-corrected chi connectivity index (χ3v) is 4.33. The lowest BCUT2D eigenvalue weighted by Gasteiger charge is -2.25. The molecule has 1 aromatic rings. The summed E-state index contributed by atoms with van der Waals surface area (Å²) in [6.07, 6.45) is 0.917. The summed E-state index contributed by atoms with van der Waals surface area (Å²) in [7, 11) is 0. The van der Waals surface area contributed by atoms with E-state index in [0.29, 0.717) is 5.92 Å². The Kier molecular flexibility index (Phi) is 5.82. The summed E-state index contributed by atoms with van der Waals surface area (Å²) >= 11 is 1.67. The fraction of sp³-hybridized carbons (Fsp3) is 0.643. The molecule has 0 spiro atoms. The smallest absolute Gasteiger partial charge is 0.237 e. The maximum Gasteiger partial charge on any atom is 0.237 e. The van der Waals surface area contributed by atoms with Crippen molar-refractivity contribution in [2.45, 2.75) is 46.2 Å². The van der Waals surface area contributed by atoms with Crippen LogP contribution in [0.2, 0.25) is 0 Å². The van der Waals surface area contributed by atoms with Gasteiger partial charge in [0, 0.05) is 4.88 Å². The second-order valence-electron chi connectivity index (χ2n) is 5.16. The molecule has 0 aromatic carbocycles. The summed E-state index contributed by atoms with van der Waals surface area (Å²) in [5.74, 6) is 0.523. The number of hydrogen-bond donors (Lipinski definition) is 2. The number of amides is 1. The van der Waals surface area contributed by atoms with E-state index in [2.05, 4.69) is 32.2 Å². The van der Waals surface area contributed by atoms with Crippen molar-refractivity contribution in [3.8, 4) is 0 Å². The van der Waals surface area contributed by atoms with Crippen LogP contribution in [0.1, 0.15) is 45.0 Å². The van der Waals surface area contributed by atoms with Crippen LogP contribution in [-0.2, 0) is 4.79 Å². The molecule has 0 aliphatic rings. The number of nitrogens with two attached hydrogens (primary N) is 1. The topological polar surface area (TPSA) is 55.1 Å². The van der Waals surface area contributed by atoms with E-state index >= 15 is 0 Å². The standard InChI is InChI=1S/C14H24N2OS/c1-5-10(4)12(15)14(17)16-13(9(2)3)11-7-6-8-18-11/h6-10,12-13H,5,15H2,1-4H3,(H,16,17)/t10?,12-,13?/m0/s1. The summed E-state index contributed by atoms with van der Waals surface area (Å²) in [4.78, 5) is 13.3. The van der Waals surface area contributed by atoms with E-state index in [4.69, 9.17) is 5.73 Å². The van der Waals surface area contributed by atoms with E-state index in [-0.39, 0.29) is 17.9 Å². The first-order chi connectivity index (χ1) is 8.47. The van der Waals surface area contributed by atoms with Gasteiger partial charge in [-0.25, -0.2) is 0 Å². The van der Waals surface area contributed by atoms with Gasteiger partial charge in [-0.1, -0.05) is 40.2 Å². The third-order valence-electron chi connectivity index (χ3n) is 3.37. The van der Waals surface area contributed by atoms with Crippen LogP contribution in [0.4, 0.5) is 0 Å². The lowest BCUT2D eigenvalue weighted by molar-refractivity contribution is -0.124. The number of carbonyl (C=O) groups excluding carboxylic acids is 1. The number of carbonyl (C=O) groups is 1. The molecular formula is C14H24N2OS. The molecule has 2 unspecified atom stereocenters. The first-order valence-electron chi connectivity index (χ1n) is 6.56. The van der Waals surface area contributed by atoms with E-state index in [0.717, 1.165) is 6.42 Å². The molecule has 1 rings (SSSR count). The Labute approximate surface area is 114 Å². The Hall–Kier alpha value is -0.870. The van der Waals surface area contributed by atoms with Crippen molar-refractivity contribution in [1.29, 1.82) is 0 Å². The second kappa shape index (κ2) is 6.90. The van der Waals surface area contributed by atoms with Gasteiger partial charge in [0.05, 0.1) is 12.1 Å². The molecule has 4 heteroatoms. The van der Waals surface area contributed by atoms with Gasteiger partial charge in [-0.05, 0) is 23.3 Å². The van der Waals surface area contributed by atoms with Gasteiger partial charge in [-0.15, -0.1) is 11.3 Å². The Morgan fingerprint density at radius 2 is 2.11 bits per heavy atom. The summed E-state index contributed by atoms with van der Waals surface area (Å²) in [6.45, 7) is 8.29. The van der Waals surface area contributed by atoms with Crippen LogP contribution < -0.4 is 11.1 Å². The van der Waals surface area contributed by atoms with Crippen LogP contribution in [0.25, 0.3) is 0 Å². The van der Waals surface area contributed by atoms with E-state index in [9.17, 15) is 4.79 Å². The van der Waals surface area contributed by atoms with Crippen molar-refractivity contribution in [3.05, 3.63) is 22.4 Å². The number of hydrogen-bond acceptors (Lipinski definition) is 3. The Balaban J connectivity index is 2.71. The lowest BCUT2D eigenvalue weighted by Crippen LogP contribution is -2.46. The highest BCUT2D eigenvalue weighted by Crippen LogP contribution is 2.26. The van der Waals surface area contributed by atoms with Crippen molar-refractivity contribution < 1.29 is 4.79 Å². The first kappa shape index (κ1) is 15.2. The van der Waals surface area contributed by atoms with E-state index in [1.54, 1.807) is 11.3 Å². The van der Waals surface area contributed by atoms with E-state index < -0.39 is 6.04 Å². The zero-order valence-corrected chi connectivity index (χ0v) is 12.5. The van der Waals surface area contributed by atoms with Gasteiger partial charge in [-0.2, -0.15) is 0 Å². The molecule has 0 fully saturated rings. The minimum atomic E-state index is -0.420. The van der Waals surface area contributed by atoms with Crippen LogP contribution in [-0.4, -0.2) is 11.9 Å². The average Bonchev–Trinajstić information content (AvgIpc) is 2.86. The fourth-order valence-corrected chi connectivity index (χ4v) is 2.75. The van der Waals surface area contributed by atoms with Gasteiger partial charge in [0.2, 0.25) is 5.91 Å². The van der Waals surface area contributed by atoms with Crippen molar-refractivity contribution in [2.24, 2.45) is 17.6 Å². The van der Waals surface area contributed by atoms with Crippen molar-refractivity contribution in [2.75, 3.05) is 0 Å². The summed E-state index contributed by atoms with van der Waals surface area (Å²) < 4.78 is 0. The predicted octanol–water partition coefficient (Wildman–Crippen LogP) is 2.93. The first-order valence-corrected chi connectivity index (χ1v) is 7.44. The maximum absolute atomic E-state index is 12.1. The van der Waals surface area contributed by atoms with Gasteiger partial charge < -0.3 is 11.1 Å². The minimum Gasteiger partial charge on any atom is -0.347 e. The number of rotatable bonds is 6. The monoisotopic (exact) mass is 268 g/mol. The average molecular weight is 268 g/mol.